The summed E-state index contributed by atoms with van der Waals surface area (Å²) in [5.41, 5.74) is 6.83. The van der Waals surface area contributed by atoms with Crippen molar-refractivity contribution < 1.29 is 14.3 Å². The molecule has 0 atom stereocenters. The number of hydrogen-bond acceptors (Lipinski definition) is 4. The van der Waals surface area contributed by atoms with E-state index in [1.807, 2.05) is 25.7 Å². The van der Waals surface area contributed by atoms with E-state index in [0.29, 0.717) is 0 Å². The molecule has 156 valence electrons. The highest BCUT2D eigenvalue weighted by atomic mass is 16.6. The number of ether oxygens (including phenoxy) is 2. The van der Waals surface area contributed by atoms with Gasteiger partial charge in [0.25, 0.3) is 0 Å². The van der Waals surface area contributed by atoms with Gasteiger partial charge in [-0.2, -0.15) is 0 Å². The Labute approximate surface area is 170 Å². The van der Waals surface area contributed by atoms with Crippen molar-refractivity contribution in [2.75, 3.05) is 44.8 Å². The molecule has 2 aliphatic heterocycles. The minimum absolute atomic E-state index is 0.190. The van der Waals surface area contributed by atoms with Crippen molar-refractivity contribution in [2.45, 2.75) is 65.4 Å². The molecule has 5 heteroatoms. The van der Waals surface area contributed by atoms with E-state index in [1.54, 1.807) is 7.11 Å². The van der Waals surface area contributed by atoms with Gasteiger partial charge in [-0.05, 0) is 75.1 Å². The zero-order valence-corrected chi connectivity index (χ0v) is 18.3. The smallest absolute Gasteiger partial charge is 0.410 e. The molecule has 0 aliphatic carbocycles. The number of amides is 1. The highest BCUT2D eigenvalue weighted by Gasteiger charge is 2.28. The number of methoxy groups -OCH3 is 1. The van der Waals surface area contributed by atoms with Crippen LogP contribution < -0.4 is 4.90 Å². The second-order valence-corrected chi connectivity index (χ2v) is 8.90. The van der Waals surface area contributed by atoms with Gasteiger partial charge in [-0.1, -0.05) is 13.0 Å². The molecule has 0 aromatic heterocycles. The molecule has 0 radical (unpaired) electrons. The molecule has 1 amide bonds. The van der Waals surface area contributed by atoms with E-state index in [9.17, 15) is 4.79 Å². The van der Waals surface area contributed by atoms with Crippen molar-refractivity contribution in [3.63, 3.8) is 0 Å². The maximum atomic E-state index is 12.6. The molecule has 0 N–H and O–H groups in total. The van der Waals surface area contributed by atoms with E-state index in [4.69, 9.17) is 9.47 Å². The van der Waals surface area contributed by atoms with E-state index in [-0.39, 0.29) is 6.09 Å². The quantitative estimate of drug-likeness (QED) is 0.782. The lowest BCUT2D eigenvalue weighted by Crippen LogP contribution is -2.38. The molecule has 1 aromatic carbocycles. The molecular formula is C23H36N2O3. The number of nitrogens with zero attached hydrogens (tertiary/aromatic N) is 2. The number of benzene rings is 1. The summed E-state index contributed by atoms with van der Waals surface area (Å²) >= 11 is 0. The van der Waals surface area contributed by atoms with Gasteiger partial charge in [0, 0.05) is 39.0 Å². The zero-order valence-electron chi connectivity index (χ0n) is 18.3. The molecule has 28 heavy (non-hydrogen) atoms. The number of carbonyl (C=O) groups excluding carboxylic acids is 1. The van der Waals surface area contributed by atoms with Crippen LogP contribution in [0.1, 0.15) is 56.4 Å². The van der Waals surface area contributed by atoms with Gasteiger partial charge in [-0.15, -0.1) is 0 Å². The Morgan fingerprint density at radius 1 is 1.11 bits per heavy atom. The highest BCUT2D eigenvalue weighted by Crippen LogP contribution is 2.37. The Bertz CT molecular complexity index is 709. The van der Waals surface area contributed by atoms with Crippen LogP contribution in [0.15, 0.2) is 6.07 Å². The van der Waals surface area contributed by atoms with Crippen LogP contribution in [0, 0.1) is 0 Å². The summed E-state index contributed by atoms with van der Waals surface area (Å²) in [5.74, 6) is 0. The molecule has 0 unspecified atom stereocenters. The van der Waals surface area contributed by atoms with Crippen LogP contribution in [-0.2, 0) is 35.2 Å². The fourth-order valence-electron chi connectivity index (χ4n) is 4.52. The van der Waals surface area contributed by atoms with Crippen LogP contribution >= 0.6 is 0 Å². The lowest BCUT2D eigenvalue weighted by Gasteiger charge is -2.35. The summed E-state index contributed by atoms with van der Waals surface area (Å²) in [4.78, 5) is 17.0. The van der Waals surface area contributed by atoms with Gasteiger partial charge in [0.2, 0.25) is 0 Å². The number of anilines is 1. The number of aryl methyl sites for hydroxylation is 1. The molecule has 3 rings (SSSR count). The third-order valence-corrected chi connectivity index (χ3v) is 5.73. The topological polar surface area (TPSA) is 42.0 Å². The maximum absolute atomic E-state index is 12.6. The molecule has 2 aliphatic rings. The van der Waals surface area contributed by atoms with E-state index in [1.165, 1.54) is 34.4 Å². The van der Waals surface area contributed by atoms with Gasteiger partial charge >= 0.3 is 6.09 Å². The predicted molar refractivity (Wildman–Crippen MR) is 113 cm³/mol. The van der Waals surface area contributed by atoms with Gasteiger partial charge in [0.15, 0.2) is 0 Å². The first-order chi connectivity index (χ1) is 13.3. The van der Waals surface area contributed by atoms with Crippen LogP contribution in [0.5, 0.6) is 0 Å². The van der Waals surface area contributed by atoms with E-state index < -0.39 is 5.60 Å². The predicted octanol–water partition coefficient (Wildman–Crippen LogP) is 3.98. The SMILES string of the molecule is CCc1c2c(cc3c1N(CCOC)CCC3)CCN(C(=O)OC(C)(C)C)CC2. The van der Waals surface area contributed by atoms with Crippen LogP contribution in [0.25, 0.3) is 0 Å². The first kappa shape index (κ1) is 21.0. The molecule has 0 saturated carbocycles. The van der Waals surface area contributed by atoms with Crippen LogP contribution in [0.2, 0.25) is 0 Å². The second kappa shape index (κ2) is 8.73. The normalized spacial score (nSPS) is 17.0. The van der Waals surface area contributed by atoms with Gasteiger partial charge in [-0.25, -0.2) is 4.79 Å². The summed E-state index contributed by atoms with van der Waals surface area (Å²) in [5, 5.41) is 0. The minimum Gasteiger partial charge on any atom is -0.444 e. The molecule has 0 bridgehead atoms. The Morgan fingerprint density at radius 2 is 1.86 bits per heavy atom. The van der Waals surface area contributed by atoms with Crippen molar-refractivity contribution >= 4 is 11.8 Å². The first-order valence-electron chi connectivity index (χ1n) is 10.7. The van der Waals surface area contributed by atoms with Crippen LogP contribution in [0.4, 0.5) is 10.5 Å². The number of fused-ring (bicyclic) bond motifs is 2. The Morgan fingerprint density at radius 3 is 2.54 bits per heavy atom. The lowest BCUT2D eigenvalue weighted by atomic mass is 9.87. The highest BCUT2D eigenvalue weighted by molar-refractivity contribution is 5.69. The standard InChI is InChI=1S/C23H36N2O3/c1-6-19-20-10-13-25(22(26)28-23(2,3)4)12-9-17(20)16-18-8-7-11-24(21(18)19)14-15-27-5/h16H,6-15H2,1-5H3. The van der Waals surface area contributed by atoms with E-state index >= 15 is 0 Å². The summed E-state index contributed by atoms with van der Waals surface area (Å²) in [6, 6.07) is 2.42. The zero-order chi connectivity index (χ0) is 20.3. The average molecular weight is 389 g/mol. The largest absolute Gasteiger partial charge is 0.444 e. The number of carbonyl (C=O) groups is 1. The average Bonchev–Trinajstić information content (AvgIpc) is 2.85. The van der Waals surface area contributed by atoms with Gasteiger partial charge in [0.1, 0.15) is 5.60 Å². The summed E-state index contributed by atoms with van der Waals surface area (Å²) < 4.78 is 11.0. The Hall–Kier alpha value is -1.75. The molecular weight excluding hydrogens is 352 g/mol. The minimum atomic E-state index is -0.453. The van der Waals surface area contributed by atoms with Crippen LogP contribution in [-0.4, -0.2) is 56.5 Å². The lowest BCUT2D eigenvalue weighted by molar-refractivity contribution is 0.0258. The summed E-state index contributed by atoms with van der Waals surface area (Å²) in [6.45, 7) is 12.3. The molecule has 1 aromatic rings. The number of hydrogen-bond donors (Lipinski definition) is 0. The fourth-order valence-corrected chi connectivity index (χ4v) is 4.52. The van der Waals surface area contributed by atoms with Crippen molar-refractivity contribution in [3.05, 3.63) is 28.3 Å². The number of rotatable bonds is 4. The second-order valence-electron chi connectivity index (χ2n) is 8.90. The molecule has 0 spiro atoms. The van der Waals surface area contributed by atoms with Crippen molar-refractivity contribution in [1.82, 2.24) is 4.90 Å². The van der Waals surface area contributed by atoms with Gasteiger partial charge < -0.3 is 19.3 Å². The van der Waals surface area contributed by atoms with Crippen molar-refractivity contribution in [3.8, 4) is 0 Å². The monoisotopic (exact) mass is 388 g/mol. The van der Waals surface area contributed by atoms with Gasteiger partial charge in [0.05, 0.1) is 6.61 Å². The summed E-state index contributed by atoms with van der Waals surface area (Å²) in [7, 11) is 1.77. The Balaban J connectivity index is 1.87. The maximum Gasteiger partial charge on any atom is 0.410 e. The fraction of sp³-hybridized carbons (Fsp3) is 0.696. The van der Waals surface area contributed by atoms with E-state index in [0.717, 1.165) is 58.5 Å². The van der Waals surface area contributed by atoms with Crippen LogP contribution in [0.3, 0.4) is 0 Å². The molecule has 0 saturated heterocycles. The van der Waals surface area contributed by atoms with Crippen molar-refractivity contribution in [2.24, 2.45) is 0 Å². The first-order valence-corrected chi connectivity index (χ1v) is 10.7. The third-order valence-electron chi connectivity index (χ3n) is 5.73. The van der Waals surface area contributed by atoms with Crippen molar-refractivity contribution in [1.29, 1.82) is 0 Å². The molecule has 5 nitrogen and oxygen atoms in total. The Kier molecular flexibility index (Phi) is 6.54. The van der Waals surface area contributed by atoms with Gasteiger partial charge in [-0.3, -0.25) is 0 Å². The van der Waals surface area contributed by atoms with E-state index in [2.05, 4.69) is 17.9 Å². The molecule has 0 fully saturated rings. The molecule has 2 heterocycles. The third kappa shape index (κ3) is 4.62. The summed E-state index contributed by atoms with van der Waals surface area (Å²) in [6.07, 6.45) is 5.00.